The van der Waals surface area contributed by atoms with Crippen LogP contribution in [0.3, 0.4) is 0 Å². The van der Waals surface area contributed by atoms with Crippen molar-refractivity contribution < 1.29 is 5.11 Å². The Hall–Kier alpha value is -0.480. The van der Waals surface area contributed by atoms with Crippen molar-refractivity contribution in [2.45, 2.75) is 52.6 Å². The number of aliphatic hydroxyl groups is 1. The molecule has 76 valence electrons. The van der Waals surface area contributed by atoms with Crippen LogP contribution >= 0.6 is 0 Å². The lowest BCUT2D eigenvalue weighted by molar-refractivity contribution is 0.0833. The molecule has 0 unspecified atom stereocenters. The Morgan fingerprint density at radius 2 is 1.92 bits per heavy atom. The molecule has 0 spiro atoms. The average Bonchev–Trinajstić information content (AvgIpc) is 2.11. The highest BCUT2D eigenvalue weighted by Gasteiger charge is 2.19. The third kappa shape index (κ3) is 4.95. The quantitative estimate of drug-likeness (QED) is 0.494. The molecule has 0 heterocycles. The Morgan fingerprint density at radius 1 is 1.31 bits per heavy atom. The molecule has 0 aromatic heterocycles. The first-order valence-electron chi connectivity index (χ1n) is 5.27. The van der Waals surface area contributed by atoms with Gasteiger partial charge >= 0.3 is 0 Å². The molecule has 0 aliphatic heterocycles. The SMILES string of the molecule is C#C[C@H](CCCCC)[C@@H](O)C(C)C. The minimum atomic E-state index is -0.332. The maximum absolute atomic E-state index is 9.74. The number of unbranched alkanes of at least 4 members (excludes halogenated alkanes) is 2. The van der Waals surface area contributed by atoms with Gasteiger partial charge in [-0.1, -0.05) is 40.0 Å². The molecule has 0 saturated carbocycles. The van der Waals surface area contributed by atoms with Crippen molar-refractivity contribution in [1.82, 2.24) is 0 Å². The predicted molar refractivity (Wildman–Crippen MR) is 57.3 cm³/mol. The maximum atomic E-state index is 9.74. The lowest BCUT2D eigenvalue weighted by Crippen LogP contribution is -2.24. The maximum Gasteiger partial charge on any atom is 0.0700 e. The van der Waals surface area contributed by atoms with Crippen molar-refractivity contribution in [3.63, 3.8) is 0 Å². The number of hydrogen-bond donors (Lipinski definition) is 1. The number of rotatable bonds is 6. The van der Waals surface area contributed by atoms with Gasteiger partial charge in [-0.3, -0.25) is 0 Å². The molecule has 1 N–H and O–H groups in total. The van der Waals surface area contributed by atoms with E-state index in [1.165, 1.54) is 12.8 Å². The van der Waals surface area contributed by atoms with Crippen LogP contribution < -0.4 is 0 Å². The van der Waals surface area contributed by atoms with Crippen LogP contribution in [0.5, 0.6) is 0 Å². The van der Waals surface area contributed by atoms with E-state index in [2.05, 4.69) is 12.8 Å². The standard InChI is InChI=1S/C12H22O/c1-5-7-8-9-11(6-2)12(13)10(3)4/h2,10-13H,5,7-9H2,1,3-4H3/t11-,12+/m1/s1. The van der Waals surface area contributed by atoms with Crippen LogP contribution in [0.25, 0.3) is 0 Å². The third-order valence-corrected chi connectivity index (χ3v) is 2.43. The molecule has 0 amide bonds. The molecular weight excluding hydrogens is 160 g/mol. The minimum Gasteiger partial charge on any atom is -0.392 e. The van der Waals surface area contributed by atoms with Gasteiger partial charge in [0.2, 0.25) is 0 Å². The number of hydrogen-bond acceptors (Lipinski definition) is 1. The predicted octanol–water partition coefficient (Wildman–Crippen LogP) is 2.83. The third-order valence-electron chi connectivity index (χ3n) is 2.43. The summed E-state index contributed by atoms with van der Waals surface area (Å²) in [7, 11) is 0. The van der Waals surface area contributed by atoms with E-state index in [0.29, 0.717) is 0 Å². The largest absolute Gasteiger partial charge is 0.392 e. The fraction of sp³-hybridized carbons (Fsp3) is 0.833. The zero-order chi connectivity index (χ0) is 10.3. The normalized spacial score (nSPS) is 15.4. The molecule has 0 aromatic carbocycles. The van der Waals surface area contributed by atoms with Crippen molar-refractivity contribution in [1.29, 1.82) is 0 Å². The molecule has 0 bridgehead atoms. The van der Waals surface area contributed by atoms with Crippen molar-refractivity contribution in [2.24, 2.45) is 11.8 Å². The molecule has 2 atom stereocenters. The Morgan fingerprint density at radius 3 is 2.31 bits per heavy atom. The fourth-order valence-corrected chi connectivity index (χ4v) is 1.43. The van der Waals surface area contributed by atoms with Gasteiger partial charge in [-0.15, -0.1) is 12.3 Å². The van der Waals surface area contributed by atoms with Gasteiger partial charge in [0.15, 0.2) is 0 Å². The summed E-state index contributed by atoms with van der Waals surface area (Å²) in [6.07, 6.45) is 9.56. The Balaban J connectivity index is 3.83. The summed E-state index contributed by atoms with van der Waals surface area (Å²) in [4.78, 5) is 0. The summed E-state index contributed by atoms with van der Waals surface area (Å²) in [5.74, 6) is 3.01. The van der Waals surface area contributed by atoms with E-state index in [9.17, 15) is 5.11 Å². The Labute approximate surface area is 82.5 Å². The van der Waals surface area contributed by atoms with E-state index in [-0.39, 0.29) is 17.9 Å². The van der Waals surface area contributed by atoms with E-state index in [1.54, 1.807) is 0 Å². The van der Waals surface area contributed by atoms with E-state index >= 15 is 0 Å². The zero-order valence-electron chi connectivity index (χ0n) is 9.09. The monoisotopic (exact) mass is 182 g/mol. The second kappa shape index (κ2) is 6.97. The van der Waals surface area contributed by atoms with Gasteiger partial charge in [-0.2, -0.15) is 0 Å². The molecule has 1 nitrogen and oxygen atoms in total. The second-order valence-corrected chi connectivity index (χ2v) is 4.00. The lowest BCUT2D eigenvalue weighted by Gasteiger charge is -2.21. The zero-order valence-corrected chi connectivity index (χ0v) is 9.09. The molecule has 0 fully saturated rings. The fourth-order valence-electron chi connectivity index (χ4n) is 1.43. The summed E-state index contributed by atoms with van der Waals surface area (Å²) in [5.41, 5.74) is 0. The molecule has 0 aromatic rings. The van der Waals surface area contributed by atoms with E-state index in [1.807, 2.05) is 13.8 Å². The minimum absolute atomic E-state index is 0.0477. The van der Waals surface area contributed by atoms with Crippen LogP contribution in [0.1, 0.15) is 46.5 Å². The van der Waals surface area contributed by atoms with Gasteiger partial charge in [-0.25, -0.2) is 0 Å². The average molecular weight is 182 g/mol. The molecular formula is C12H22O. The summed E-state index contributed by atoms with van der Waals surface area (Å²) in [6, 6.07) is 0. The lowest BCUT2D eigenvalue weighted by atomic mass is 9.89. The van der Waals surface area contributed by atoms with Gasteiger partial charge in [0, 0.05) is 5.92 Å². The number of aliphatic hydroxyl groups excluding tert-OH is 1. The highest BCUT2D eigenvalue weighted by Crippen LogP contribution is 2.18. The molecule has 0 aliphatic rings. The first kappa shape index (κ1) is 12.5. The van der Waals surface area contributed by atoms with E-state index < -0.39 is 0 Å². The summed E-state index contributed by atoms with van der Waals surface area (Å²) < 4.78 is 0. The smallest absolute Gasteiger partial charge is 0.0700 e. The van der Waals surface area contributed by atoms with E-state index in [0.717, 1.165) is 12.8 Å². The van der Waals surface area contributed by atoms with E-state index in [4.69, 9.17) is 6.42 Å². The van der Waals surface area contributed by atoms with Crippen LogP contribution in [0.2, 0.25) is 0 Å². The van der Waals surface area contributed by atoms with Crippen LogP contribution in [0, 0.1) is 24.2 Å². The van der Waals surface area contributed by atoms with Crippen molar-refractivity contribution in [2.75, 3.05) is 0 Å². The highest BCUT2D eigenvalue weighted by molar-refractivity contribution is 4.97. The Kier molecular flexibility index (Phi) is 6.72. The molecule has 0 rings (SSSR count). The van der Waals surface area contributed by atoms with Crippen molar-refractivity contribution >= 4 is 0 Å². The second-order valence-electron chi connectivity index (χ2n) is 4.00. The van der Waals surface area contributed by atoms with Crippen LogP contribution in [-0.2, 0) is 0 Å². The van der Waals surface area contributed by atoms with Gasteiger partial charge in [0.1, 0.15) is 0 Å². The van der Waals surface area contributed by atoms with Crippen LogP contribution in [0.4, 0.5) is 0 Å². The summed E-state index contributed by atoms with van der Waals surface area (Å²) >= 11 is 0. The van der Waals surface area contributed by atoms with Gasteiger partial charge in [0.25, 0.3) is 0 Å². The van der Waals surface area contributed by atoms with Crippen LogP contribution in [0.15, 0.2) is 0 Å². The first-order valence-corrected chi connectivity index (χ1v) is 5.27. The summed E-state index contributed by atoms with van der Waals surface area (Å²) in [6.45, 7) is 6.19. The van der Waals surface area contributed by atoms with Crippen LogP contribution in [-0.4, -0.2) is 11.2 Å². The van der Waals surface area contributed by atoms with Gasteiger partial charge in [0.05, 0.1) is 6.10 Å². The highest BCUT2D eigenvalue weighted by atomic mass is 16.3. The Bertz CT molecular complexity index is 155. The molecule has 0 saturated heterocycles. The van der Waals surface area contributed by atoms with Gasteiger partial charge in [-0.05, 0) is 12.3 Å². The molecule has 0 aliphatic carbocycles. The molecule has 13 heavy (non-hydrogen) atoms. The molecule has 1 heteroatoms. The first-order chi connectivity index (χ1) is 6.13. The van der Waals surface area contributed by atoms with Crippen molar-refractivity contribution in [3.05, 3.63) is 0 Å². The molecule has 0 radical (unpaired) electrons. The number of terminal acetylenes is 1. The van der Waals surface area contributed by atoms with Crippen molar-refractivity contribution in [3.8, 4) is 12.3 Å². The van der Waals surface area contributed by atoms with Gasteiger partial charge < -0.3 is 5.11 Å². The topological polar surface area (TPSA) is 20.2 Å². The summed E-state index contributed by atoms with van der Waals surface area (Å²) in [5, 5.41) is 9.74.